The van der Waals surface area contributed by atoms with Crippen LogP contribution in [0.5, 0.6) is 0 Å². The van der Waals surface area contributed by atoms with Gasteiger partial charge in [-0.3, -0.25) is 0 Å². The first-order valence-electron chi connectivity index (χ1n) is 6.03. The van der Waals surface area contributed by atoms with Gasteiger partial charge in [0.2, 0.25) is 0 Å². The summed E-state index contributed by atoms with van der Waals surface area (Å²) >= 11 is 7.49. The van der Waals surface area contributed by atoms with Crippen molar-refractivity contribution in [2.24, 2.45) is 0 Å². The van der Waals surface area contributed by atoms with E-state index >= 15 is 0 Å². The lowest BCUT2D eigenvalue weighted by atomic mass is 10.0. The van der Waals surface area contributed by atoms with E-state index in [0.29, 0.717) is 5.88 Å². The molecule has 1 aromatic rings. The van der Waals surface area contributed by atoms with Gasteiger partial charge in [-0.25, -0.2) is 4.98 Å². The van der Waals surface area contributed by atoms with E-state index in [4.69, 9.17) is 11.6 Å². The molecule has 1 fully saturated rings. The van der Waals surface area contributed by atoms with Crippen LogP contribution in [0.3, 0.4) is 0 Å². The van der Waals surface area contributed by atoms with Crippen molar-refractivity contribution in [1.29, 1.82) is 0 Å². The highest BCUT2D eigenvalue weighted by atomic mass is 35.5. The highest BCUT2D eigenvalue weighted by molar-refractivity contribution is 7.09. The number of alkyl halides is 1. The predicted octanol–water partition coefficient (Wildman–Crippen LogP) is 3.30. The van der Waals surface area contributed by atoms with Crippen LogP contribution in [0.25, 0.3) is 0 Å². The molecular formula is C12H19ClN2S. The molecule has 0 spiro atoms. The van der Waals surface area contributed by atoms with Gasteiger partial charge in [-0.2, -0.15) is 0 Å². The summed E-state index contributed by atoms with van der Waals surface area (Å²) in [4.78, 5) is 7.09. The molecule has 2 heterocycles. The van der Waals surface area contributed by atoms with Gasteiger partial charge in [0.1, 0.15) is 0 Å². The molecule has 1 unspecified atom stereocenters. The molecule has 1 aliphatic rings. The summed E-state index contributed by atoms with van der Waals surface area (Å²) in [5.74, 6) is 0.538. The molecule has 2 nitrogen and oxygen atoms in total. The van der Waals surface area contributed by atoms with Crippen molar-refractivity contribution in [3.8, 4) is 0 Å². The van der Waals surface area contributed by atoms with Gasteiger partial charge < -0.3 is 4.90 Å². The summed E-state index contributed by atoms with van der Waals surface area (Å²) in [6, 6.07) is 0.751. The highest BCUT2D eigenvalue weighted by Crippen LogP contribution is 2.18. The largest absolute Gasteiger partial charge is 0.300 e. The van der Waals surface area contributed by atoms with E-state index in [1.165, 1.54) is 30.8 Å². The van der Waals surface area contributed by atoms with Crippen LogP contribution in [0.15, 0.2) is 5.38 Å². The summed E-state index contributed by atoms with van der Waals surface area (Å²) in [5.41, 5.74) is 1.02. The van der Waals surface area contributed by atoms with Crippen molar-refractivity contribution < 1.29 is 0 Å². The Morgan fingerprint density at radius 3 is 3.12 bits per heavy atom. The van der Waals surface area contributed by atoms with Crippen molar-refractivity contribution >= 4 is 22.9 Å². The number of likely N-dealkylation sites (tertiary alicyclic amines) is 1. The third kappa shape index (κ3) is 3.19. The lowest BCUT2D eigenvalue weighted by Crippen LogP contribution is -2.38. The molecule has 0 N–H and O–H groups in total. The van der Waals surface area contributed by atoms with Crippen molar-refractivity contribution in [3.05, 3.63) is 16.1 Å². The normalized spacial score (nSPS) is 22.5. The molecule has 1 aromatic heterocycles. The SMILES string of the molecule is CC1CCCCN1CCc1nc(CCl)cs1. The third-order valence-electron chi connectivity index (χ3n) is 3.29. The number of nitrogens with zero attached hydrogens (tertiary/aromatic N) is 2. The van der Waals surface area contributed by atoms with Crippen molar-refractivity contribution in [3.63, 3.8) is 0 Å². The van der Waals surface area contributed by atoms with Gasteiger partial charge in [-0.15, -0.1) is 22.9 Å². The molecule has 2 rings (SSSR count). The molecule has 16 heavy (non-hydrogen) atoms. The maximum atomic E-state index is 5.75. The topological polar surface area (TPSA) is 16.1 Å². The fourth-order valence-corrected chi connectivity index (χ4v) is 3.27. The zero-order valence-corrected chi connectivity index (χ0v) is 11.4. The van der Waals surface area contributed by atoms with Gasteiger partial charge in [0, 0.05) is 24.4 Å². The Kier molecular flexibility index (Phi) is 4.62. The van der Waals surface area contributed by atoms with Crippen LogP contribution in [-0.2, 0) is 12.3 Å². The highest BCUT2D eigenvalue weighted by Gasteiger charge is 2.17. The van der Waals surface area contributed by atoms with Crippen LogP contribution in [-0.4, -0.2) is 29.0 Å². The van der Waals surface area contributed by atoms with E-state index < -0.39 is 0 Å². The smallest absolute Gasteiger partial charge is 0.0941 e. The van der Waals surface area contributed by atoms with Crippen molar-refractivity contribution in [1.82, 2.24) is 9.88 Å². The summed E-state index contributed by atoms with van der Waals surface area (Å²) in [7, 11) is 0. The molecule has 0 amide bonds. The first kappa shape index (κ1) is 12.3. The van der Waals surface area contributed by atoms with E-state index in [2.05, 4.69) is 22.2 Å². The zero-order valence-electron chi connectivity index (χ0n) is 9.79. The van der Waals surface area contributed by atoms with E-state index in [9.17, 15) is 0 Å². The van der Waals surface area contributed by atoms with Crippen LogP contribution in [0.4, 0.5) is 0 Å². The molecule has 90 valence electrons. The van der Waals surface area contributed by atoms with Gasteiger partial charge in [0.15, 0.2) is 0 Å². The Hall–Kier alpha value is -0.120. The molecule has 4 heteroatoms. The molecule has 0 saturated carbocycles. The second-order valence-corrected chi connectivity index (χ2v) is 5.71. The third-order valence-corrected chi connectivity index (χ3v) is 4.52. The molecule has 1 aliphatic heterocycles. The Labute approximate surface area is 107 Å². The standard InChI is InChI=1S/C12H19ClN2S/c1-10-4-2-3-6-15(10)7-5-12-14-11(8-13)9-16-12/h9-10H,2-8H2,1H3. The molecule has 0 aromatic carbocycles. The average molecular weight is 259 g/mol. The second-order valence-electron chi connectivity index (χ2n) is 4.50. The maximum absolute atomic E-state index is 5.75. The quantitative estimate of drug-likeness (QED) is 0.771. The zero-order chi connectivity index (χ0) is 11.4. The molecule has 0 radical (unpaired) electrons. The Balaban J connectivity index is 1.81. The van der Waals surface area contributed by atoms with Crippen LogP contribution in [0.2, 0.25) is 0 Å². The minimum Gasteiger partial charge on any atom is -0.300 e. The number of hydrogen-bond donors (Lipinski definition) is 0. The minimum absolute atomic E-state index is 0.538. The van der Waals surface area contributed by atoms with Crippen LogP contribution >= 0.6 is 22.9 Å². The van der Waals surface area contributed by atoms with Crippen LogP contribution < -0.4 is 0 Å². The van der Waals surface area contributed by atoms with E-state index in [1.807, 2.05) is 0 Å². The lowest BCUT2D eigenvalue weighted by Gasteiger charge is -2.32. The number of piperidine rings is 1. The molecule has 0 bridgehead atoms. The summed E-state index contributed by atoms with van der Waals surface area (Å²) in [5, 5.41) is 3.30. The summed E-state index contributed by atoms with van der Waals surface area (Å²) in [6.07, 6.45) is 5.18. The minimum atomic E-state index is 0.538. The fraction of sp³-hybridized carbons (Fsp3) is 0.750. The number of thiazole rings is 1. The monoisotopic (exact) mass is 258 g/mol. The van der Waals surface area contributed by atoms with Gasteiger partial charge >= 0.3 is 0 Å². The van der Waals surface area contributed by atoms with Crippen LogP contribution in [0, 0.1) is 0 Å². The Morgan fingerprint density at radius 1 is 1.56 bits per heavy atom. The number of rotatable bonds is 4. The van der Waals surface area contributed by atoms with Crippen molar-refractivity contribution in [2.45, 2.75) is 44.5 Å². The van der Waals surface area contributed by atoms with Crippen molar-refractivity contribution in [2.75, 3.05) is 13.1 Å². The Bertz CT molecular complexity index is 327. The lowest BCUT2D eigenvalue weighted by molar-refractivity contribution is 0.163. The maximum Gasteiger partial charge on any atom is 0.0941 e. The fourth-order valence-electron chi connectivity index (χ4n) is 2.25. The average Bonchev–Trinajstić information content (AvgIpc) is 2.76. The summed E-state index contributed by atoms with van der Waals surface area (Å²) in [6.45, 7) is 4.75. The van der Waals surface area contributed by atoms with E-state index in [1.54, 1.807) is 11.3 Å². The number of aromatic nitrogens is 1. The molecular weight excluding hydrogens is 240 g/mol. The van der Waals surface area contributed by atoms with Gasteiger partial charge in [0.05, 0.1) is 16.6 Å². The second kappa shape index (κ2) is 5.99. The summed E-state index contributed by atoms with van der Waals surface area (Å²) < 4.78 is 0. The van der Waals surface area contributed by atoms with Gasteiger partial charge in [-0.05, 0) is 26.3 Å². The van der Waals surface area contributed by atoms with Gasteiger partial charge in [-0.1, -0.05) is 6.42 Å². The number of hydrogen-bond acceptors (Lipinski definition) is 3. The first-order chi connectivity index (χ1) is 7.79. The molecule has 1 atom stereocenters. The van der Waals surface area contributed by atoms with Crippen LogP contribution in [0.1, 0.15) is 36.9 Å². The van der Waals surface area contributed by atoms with Gasteiger partial charge in [0.25, 0.3) is 0 Å². The number of halogens is 1. The Morgan fingerprint density at radius 2 is 2.44 bits per heavy atom. The van der Waals surface area contributed by atoms with E-state index in [0.717, 1.165) is 24.7 Å². The first-order valence-corrected chi connectivity index (χ1v) is 7.44. The molecule has 0 aliphatic carbocycles. The van der Waals surface area contributed by atoms with E-state index in [-0.39, 0.29) is 0 Å². The predicted molar refractivity (Wildman–Crippen MR) is 70.3 cm³/mol. The molecule has 1 saturated heterocycles.